The van der Waals surface area contributed by atoms with Gasteiger partial charge in [-0.3, -0.25) is 9.59 Å². The molecule has 1 aromatic carbocycles. The number of rotatable bonds is 2. The smallest absolute Gasteiger partial charge is 0.310 e. The van der Waals surface area contributed by atoms with Gasteiger partial charge in [0, 0.05) is 12.7 Å². The third-order valence-electron chi connectivity index (χ3n) is 5.53. The topological polar surface area (TPSA) is 46.6 Å². The van der Waals surface area contributed by atoms with Gasteiger partial charge in [-0.15, -0.1) is 0 Å². The molecular weight excluding hydrogens is 278 g/mol. The lowest BCUT2D eigenvalue weighted by Crippen LogP contribution is -2.50. The standard InChI is InChI=1S/C18H19NO3/c1-3-22-16(20)15-11-8-9-12(10-11)18(15)13-6-4-5-7-14(13)19(2)17(18)21/h4-9,11-12,15H,3,10H2,1-2H3/t11-,12+,15+,18+/m1/s1. The molecule has 22 heavy (non-hydrogen) atoms. The van der Waals surface area contributed by atoms with E-state index >= 15 is 0 Å². The molecule has 0 N–H and O–H groups in total. The van der Waals surface area contributed by atoms with Crippen LogP contribution in [0.25, 0.3) is 0 Å². The quantitative estimate of drug-likeness (QED) is 0.621. The molecule has 0 aromatic heterocycles. The fraction of sp³-hybridized carbons (Fsp3) is 0.444. The minimum Gasteiger partial charge on any atom is -0.466 e. The van der Waals surface area contributed by atoms with Crippen molar-refractivity contribution in [2.45, 2.75) is 18.8 Å². The van der Waals surface area contributed by atoms with Crippen molar-refractivity contribution >= 4 is 17.6 Å². The van der Waals surface area contributed by atoms with E-state index in [1.807, 2.05) is 31.2 Å². The van der Waals surface area contributed by atoms with Crippen molar-refractivity contribution in [3.63, 3.8) is 0 Å². The highest BCUT2D eigenvalue weighted by Crippen LogP contribution is 2.62. The normalized spacial score (nSPS) is 34.5. The van der Waals surface area contributed by atoms with Crippen LogP contribution in [0.5, 0.6) is 0 Å². The summed E-state index contributed by atoms with van der Waals surface area (Å²) in [5, 5.41) is 0. The van der Waals surface area contributed by atoms with Crippen molar-refractivity contribution in [1.29, 1.82) is 0 Å². The van der Waals surface area contributed by atoms with Crippen molar-refractivity contribution in [1.82, 2.24) is 0 Å². The first-order chi connectivity index (χ1) is 10.6. The van der Waals surface area contributed by atoms with E-state index in [-0.39, 0.29) is 23.7 Å². The van der Waals surface area contributed by atoms with Crippen LogP contribution in [0.1, 0.15) is 18.9 Å². The van der Waals surface area contributed by atoms with Gasteiger partial charge in [-0.25, -0.2) is 0 Å². The first-order valence-electron chi connectivity index (χ1n) is 7.85. The molecule has 2 aliphatic carbocycles. The minimum atomic E-state index is -0.767. The summed E-state index contributed by atoms with van der Waals surface area (Å²) in [6, 6.07) is 7.84. The molecule has 1 aliphatic heterocycles. The molecule has 3 aliphatic rings. The van der Waals surface area contributed by atoms with Crippen molar-refractivity contribution in [2.75, 3.05) is 18.6 Å². The monoisotopic (exact) mass is 297 g/mol. The summed E-state index contributed by atoms with van der Waals surface area (Å²) in [4.78, 5) is 27.5. The van der Waals surface area contributed by atoms with Gasteiger partial charge in [0.1, 0.15) is 0 Å². The number of carbonyl (C=O) groups is 2. The Morgan fingerprint density at radius 2 is 2.14 bits per heavy atom. The molecule has 4 nitrogen and oxygen atoms in total. The summed E-state index contributed by atoms with van der Waals surface area (Å²) < 4.78 is 5.32. The first kappa shape index (κ1) is 13.6. The molecule has 0 radical (unpaired) electrons. The maximum atomic E-state index is 13.2. The fourth-order valence-electron chi connectivity index (χ4n) is 4.75. The Balaban J connectivity index is 1.93. The number of esters is 1. The molecule has 2 bridgehead atoms. The van der Waals surface area contributed by atoms with E-state index in [0.29, 0.717) is 6.61 Å². The van der Waals surface area contributed by atoms with Crippen LogP contribution in [-0.2, 0) is 19.7 Å². The number of para-hydroxylation sites is 1. The van der Waals surface area contributed by atoms with E-state index in [0.717, 1.165) is 17.7 Å². The third-order valence-corrected chi connectivity index (χ3v) is 5.53. The number of likely N-dealkylation sites (N-methyl/N-ethyl adjacent to an activating group) is 1. The zero-order chi connectivity index (χ0) is 15.5. The largest absolute Gasteiger partial charge is 0.466 e. The van der Waals surface area contributed by atoms with Gasteiger partial charge in [0.2, 0.25) is 5.91 Å². The van der Waals surface area contributed by atoms with Gasteiger partial charge in [0.15, 0.2) is 0 Å². The molecule has 1 amide bonds. The highest BCUT2D eigenvalue weighted by Gasteiger charge is 2.68. The number of hydrogen-bond donors (Lipinski definition) is 0. The minimum absolute atomic E-state index is 0.0311. The molecule has 1 heterocycles. The zero-order valence-electron chi connectivity index (χ0n) is 12.8. The fourth-order valence-corrected chi connectivity index (χ4v) is 4.75. The highest BCUT2D eigenvalue weighted by molar-refractivity contribution is 6.11. The summed E-state index contributed by atoms with van der Waals surface area (Å²) in [6.07, 6.45) is 5.07. The number of hydrogen-bond acceptors (Lipinski definition) is 3. The van der Waals surface area contributed by atoms with Crippen LogP contribution < -0.4 is 4.90 Å². The van der Waals surface area contributed by atoms with E-state index in [1.165, 1.54) is 0 Å². The predicted molar refractivity (Wildman–Crippen MR) is 82.4 cm³/mol. The van der Waals surface area contributed by atoms with Gasteiger partial charge in [0.05, 0.1) is 17.9 Å². The van der Waals surface area contributed by atoms with Gasteiger partial charge < -0.3 is 9.64 Å². The molecule has 1 spiro atoms. The number of ether oxygens (including phenoxy) is 1. The van der Waals surface area contributed by atoms with Gasteiger partial charge in [-0.05, 0) is 36.8 Å². The van der Waals surface area contributed by atoms with Crippen molar-refractivity contribution in [2.24, 2.45) is 17.8 Å². The molecule has 4 atom stereocenters. The number of allylic oxidation sites excluding steroid dienone is 2. The maximum absolute atomic E-state index is 13.2. The average Bonchev–Trinajstić information content (AvgIpc) is 3.17. The lowest BCUT2D eigenvalue weighted by molar-refractivity contribution is -0.154. The van der Waals surface area contributed by atoms with Crippen molar-refractivity contribution < 1.29 is 14.3 Å². The molecule has 0 saturated heterocycles. The Hall–Kier alpha value is -2.10. The summed E-state index contributed by atoms with van der Waals surface area (Å²) in [5.41, 5.74) is 1.14. The third kappa shape index (κ3) is 1.38. The SMILES string of the molecule is CCOC(=O)[C@@H]1[C@@H]2C=C[C@@H](C2)[C@@]12C(=O)N(C)c1ccccc12. The van der Waals surface area contributed by atoms with E-state index in [1.54, 1.807) is 11.9 Å². The number of fused-ring (bicyclic) bond motifs is 5. The highest BCUT2D eigenvalue weighted by atomic mass is 16.5. The second-order valence-electron chi connectivity index (χ2n) is 6.37. The van der Waals surface area contributed by atoms with Gasteiger partial charge in [-0.1, -0.05) is 30.4 Å². The summed E-state index contributed by atoms with van der Waals surface area (Å²) in [5.74, 6) is -0.416. The Labute approximate surface area is 129 Å². The van der Waals surface area contributed by atoms with Gasteiger partial charge >= 0.3 is 5.97 Å². The predicted octanol–water partition coefficient (Wildman–Crippen LogP) is 2.29. The van der Waals surface area contributed by atoms with E-state index in [4.69, 9.17) is 4.74 Å². The zero-order valence-corrected chi connectivity index (χ0v) is 12.8. The lowest BCUT2D eigenvalue weighted by Gasteiger charge is -2.36. The molecule has 4 heteroatoms. The number of nitrogens with zero attached hydrogens (tertiary/aromatic N) is 1. The molecule has 1 saturated carbocycles. The number of benzene rings is 1. The summed E-state index contributed by atoms with van der Waals surface area (Å²) in [7, 11) is 1.80. The summed E-state index contributed by atoms with van der Waals surface area (Å²) >= 11 is 0. The van der Waals surface area contributed by atoms with E-state index in [2.05, 4.69) is 12.2 Å². The van der Waals surface area contributed by atoms with Gasteiger partial charge in [0.25, 0.3) is 0 Å². The van der Waals surface area contributed by atoms with Crippen molar-refractivity contribution in [3.8, 4) is 0 Å². The molecule has 4 rings (SSSR count). The second kappa shape index (κ2) is 4.45. The van der Waals surface area contributed by atoms with Gasteiger partial charge in [-0.2, -0.15) is 0 Å². The average molecular weight is 297 g/mol. The van der Waals surface area contributed by atoms with Crippen LogP contribution in [0.3, 0.4) is 0 Å². The van der Waals surface area contributed by atoms with E-state index in [9.17, 15) is 9.59 Å². The number of amides is 1. The Morgan fingerprint density at radius 3 is 2.91 bits per heavy atom. The molecular formula is C18H19NO3. The van der Waals surface area contributed by atoms with Crippen LogP contribution >= 0.6 is 0 Å². The Bertz CT molecular complexity index is 695. The Morgan fingerprint density at radius 1 is 1.36 bits per heavy atom. The van der Waals surface area contributed by atoms with Crippen LogP contribution in [-0.4, -0.2) is 25.5 Å². The van der Waals surface area contributed by atoms with E-state index < -0.39 is 11.3 Å². The molecule has 1 aromatic rings. The summed E-state index contributed by atoms with van der Waals surface area (Å²) in [6.45, 7) is 2.16. The second-order valence-corrected chi connectivity index (χ2v) is 6.37. The lowest BCUT2D eigenvalue weighted by atomic mass is 9.65. The van der Waals surface area contributed by atoms with Crippen LogP contribution in [0.15, 0.2) is 36.4 Å². The molecule has 1 fully saturated rings. The first-order valence-corrected chi connectivity index (χ1v) is 7.85. The Kier molecular flexibility index (Phi) is 2.74. The maximum Gasteiger partial charge on any atom is 0.310 e. The van der Waals surface area contributed by atoms with Crippen molar-refractivity contribution in [3.05, 3.63) is 42.0 Å². The number of carbonyl (C=O) groups excluding carboxylic acids is 2. The van der Waals surface area contributed by atoms with Crippen LogP contribution in [0, 0.1) is 17.8 Å². The number of anilines is 1. The van der Waals surface area contributed by atoms with Crippen LogP contribution in [0.2, 0.25) is 0 Å². The van der Waals surface area contributed by atoms with Crippen LogP contribution in [0.4, 0.5) is 5.69 Å². The molecule has 114 valence electrons. The molecule has 0 unspecified atom stereocenters.